The summed E-state index contributed by atoms with van der Waals surface area (Å²) >= 11 is 1.99. The van der Waals surface area contributed by atoms with Crippen molar-refractivity contribution in [2.75, 3.05) is 0 Å². The fraction of sp³-hybridized carbons (Fsp3) is 0. The van der Waals surface area contributed by atoms with Gasteiger partial charge in [-0.05, 0) is 0 Å². The van der Waals surface area contributed by atoms with Crippen LogP contribution in [-0.2, 0) is 22.9 Å². The second-order valence-electron chi connectivity index (χ2n) is 0. The van der Waals surface area contributed by atoms with E-state index in [2.05, 4.69) is 0 Å². The Hall–Kier alpha value is 0.918. The van der Waals surface area contributed by atoms with Crippen molar-refractivity contribution in [2.24, 2.45) is 0 Å². The molecule has 0 aliphatic carbocycles. The molecule has 0 heterocycles. The molecule has 0 unspecified atom stereocenters. The van der Waals surface area contributed by atoms with Crippen LogP contribution in [0.3, 0.4) is 0 Å². The average molecular weight is 206 g/mol. The van der Waals surface area contributed by atoms with E-state index < -0.39 is 0 Å². The van der Waals surface area contributed by atoms with E-state index in [1.165, 1.54) is 0 Å². The molecule has 0 aromatic carbocycles. The summed E-state index contributed by atoms with van der Waals surface area (Å²) in [5.74, 6) is 0. The summed E-state index contributed by atoms with van der Waals surface area (Å²) in [6.07, 6.45) is 0. The summed E-state index contributed by atoms with van der Waals surface area (Å²) < 4.78 is 16.4. The van der Waals surface area contributed by atoms with E-state index >= 15 is 0 Å². The first-order valence-corrected chi connectivity index (χ1v) is 2.01. The Bertz CT molecular complexity index is 8.00. The summed E-state index contributed by atoms with van der Waals surface area (Å²) in [6.45, 7) is 0. The minimum absolute atomic E-state index is 0.300. The van der Waals surface area contributed by atoms with Gasteiger partial charge in [0.25, 0.3) is 0 Å². The van der Waals surface area contributed by atoms with Crippen LogP contribution in [0.4, 0.5) is 0 Å². The van der Waals surface area contributed by atoms with Crippen molar-refractivity contribution in [3.05, 3.63) is 0 Å². The Balaban J connectivity index is 0. The Morgan fingerprint density at radius 2 is 1.25 bits per heavy atom. The second kappa shape index (κ2) is 39.6. The molecule has 0 atom stereocenters. The summed E-state index contributed by atoms with van der Waals surface area (Å²) in [5, 5.41) is 0. The Morgan fingerprint density at radius 1 is 1.25 bits per heavy atom. The molecule has 0 fully saturated rings. The standard InChI is InChI=1S/Mn.2O.Sn. The molecule has 0 rings (SSSR count). The SMILES string of the molecule is [O]=[Mn].[O]=[Sn]. The van der Waals surface area contributed by atoms with E-state index in [9.17, 15) is 0 Å². The number of rotatable bonds is 0. The number of hydrogen-bond donors (Lipinski definition) is 0. The third-order valence-corrected chi connectivity index (χ3v) is 0. The minimum atomic E-state index is 0.300. The van der Waals surface area contributed by atoms with Crippen LogP contribution in [-0.4, -0.2) is 22.5 Å². The van der Waals surface area contributed by atoms with Gasteiger partial charge in [-0.2, -0.15) is 0 Å². The van der Waals surface area contributed by atoms with Gasteiger partial charge in [0, 0.05) is 0 Å². The molecular weight excluding hydrogens is 206 g/mol. The maximum atomic E-state index is 8.34. The van der Waals surface area contributed by atoms with Gasteiger partial charge < -0.3 is 0 Å². The van der Waals surface area contributed by atoms with E-state index in [-0.39, 0.29) is 0 Å². The predicted molar refractivity (Wildman–Crippen MR) is 7.13 cm³/mol. The van der Waals surface area contributed by atoms with Crippen LogP contribution in [0, 0.1) is 0 Å². The summed E-state index contributed by atoms with van der Waals surface area (Å²) in [4.78, 5) is 0. The zero-order valence-electron chi connectivity index (χ0n) is 1.69. The molecule has 0 amide bonds. The maximum absolute atomic E-state index is 8.34. The molecule has 0 bridgehead atoms. The molecule has 0 saturated heterocycles. The zero-order valence-corrected chi connectivity index (χ0v) is 5.73. The monoisotopic (exact) mass is 207 g/mol. The number of hydrogen-bond acceptors (Lipinski definition) is 2. The summed E-state index contributed by atoms with van der Waals surface area (Å²) in [7, 11) is 0. The van der Waals surface area contributed by atoms with Crippen molar-refractivity contribution in [1.82, 2.24) is 0 Å². The molecule has 0 aliphatic heterocycles. The van der Waals surface area contributed by atoms with Crippen LogP contribution in [0.25, 0.3) is 0 Å². The van der Waals surface area contributed by atoms with Crippen LogP contribution in [0.15, 0.2) is 0 Å². The van der Waals surface area contributed by atoms with Crippen molar-refractivity contribution in [3.8, 4) is 0 Å². The fourth-order valence-corrected chi connectivity index (χ4v) is 0. The average Bonchev–Trinajstić information content (AvgIpc) is 1.50. The van der Waals surface area contributed by atoms with Crippen LogP contribution in [0.5, 0.6) is 0 Å². The van der Waals surface area contributed by atoms with E-state index in [1.54, 1.807) is 15.9 Å². The molecule has 2 nitrogen and oxygen atoms in total. The summed E-state index contributed by atoms with van der Waals surface area (Å²) in [6, 6.07) is 0. The third kappa shape index (κ3) is 12.7. The van der Waals surface area contributed by atoms with Crippen LogP contribution in [0.1, 0.15) is 0 Å². The van der Waals surface area contributed by atoms with Gasteiger partial charge in [0.1, 0.15) is 0 Å². The van der Waals surface area contributed by atoms with Gasteiger partial charge in [-0.25, -0.2) is 0 Å². The van der Waals surface area contributed by atoms with E-state index in [0.29, 0.717) is 22.5 Å². The van der Waals surface area contributed by atoms with Gasteiger partial charge in [0.15, 0.2) is 0 Å². The Morgan fingerprint density at radius 3 is 1.25 bits per heavy atom. The third-order valence-electron chi connectivity index (χ3n) is 0. The Labute approximate surface area is 45.4 Å². The van der Waals surface area contributed by atoms with Crippen molar-refractivity contribution < 1.29 is 22.9 Å². The first kappa shape index (κ1) is 8.87. The fourth-order valence-electron chi connectivity index (χ4n) is 0. The predicted octanol–water partition coefficient (Wildman–Crippen LogP) is -0.621. The van der Waals surface area contributed by atoms with E-state index in [4.69, 9.17) is 6.91 Å². The molecule has 0 aliphatic rings. The molecule has 2 radical (unpaired) electrons. The first-order valence-electron chi connectivity index (χ1n) is 0.358. The van der Waals surface area contributed by atoms with Crippen LogP contribution < -0.4 is 0 Å². The molecule has 4 heteroatoms. The van der Waals surface area contributed by atoms with Gasteiger partial charge in [-0.3, -0.25) is 0 Å². The first-order chi connectivity index (χ1) is 2.00. The Kier molecular flexibility index (Phi) is 87.7. The normalized spacial score (nSPS) is 2.00. The topological polar surface area (TPSA) is 34.1 Å². The van der Waals surface area contributed by atoms with Gasteiger partial charge in [0.05, 0.1) is 0 Å². The molecule has 0 aromatic rings. The van der Waals surface area contributed by atoms with E-state index in [0.717, 1.165) is 0 Å². The molecule has 0 spiro atoms. The van der Waals surface area contributed by atoms with Crippen molar-refractivity contribution in [2.45, 2.75) is 0 Å². The molecule has 4 heavy (non-hydrogen) atoms. The van der Waals surface area contributed by atoms with Gasteiger partial charge >= 0.3 is 45.4 Å². The van der Waals surface area contributed by atoms with Gasteiger partial charge in [0.2, 0.25) is 0 Å². The van der Waals surface area contributed by atoms with Crippen LogP contribution >= 0.6 is 0 Å². The van der Waals surface area contributed by atoms with E-state index in [1.807, 2.05) is 0 Å². The molecule has 23 valence electrons. The van der Waals surface area contributed by atoms with Gasteiger partial charge in [-0.15, -0.1) is 0 Å². The second-order valence-corrected chi connectivity index (χ2v) is 0. The molecule has 0 N–H and O–H groups in total. The van der Waals surface area contributed by atoms with Crippen molar-refractivity contribution >= 4 is 22.5 Å². The van der Waals surface area contributed by atoms with Crippen molar-refractivity contribution in [1.29, 1.82) is 0 Å². The molecule has 0 saturated carbocycles. The van der Waals surface area contributed by atoms with Gasteiger partial charge in [-0.1, -0.05) is 0 Å². The molecular formula is MnO2Sn. The quantitative estimate of drug-likeness (QED) is 0.494. The zero-order chi connectivity index (χ0) is 4.00. The van der Waals surface area contributed by atoms with Crippen molar-refractivity contribution in [3.63, 3.8) is 0 Å². The molecule has 0 aromatic heterocycles. The summed E-state index contributed by atoms with van der Waals surface area (Å²) in [5.41, 5.74) is 0. The van der Waals surface area contributed by atoms with Crippen LogP contribution in [0.2, 0.25) is 0 Å².